The van der Waals surface area contributed by atoms with Gasteiger partial charge in [-0.15, -0.1) is 0 Å². The fourth-order valence-electron chi connectivity index (χ4n) is 4.60. The van der Waals surface area contributed by atoms with Crippen LogP contribution in [0.2, 0.25) is 5.02 Å². The molecule has 2 unspecified atom stereocenters. The molecule has 1 aliphatic carbocycles. The molecule has 2 aromatic carbocycles. The molecule has 2 atom stereocenters. The summed E-state index contributed by atoms with van der Waals surface area (Å²) in [5, 5.41) is 5.46. The number of imide groups is 1. The molecule has 2 heterocycles. The van der Waals surface area contributed by atoms with Crippen molar-refractivity contribution < 1.29 is 23.6 Å². The predicted molar refractivity (Wildman–Crippen MR) is 117 cm³/mol. The van der Waals surface area contributed by atoms with Crippen LogP contribution in [-0.4, -0.2) is 34.6 Å². The molecule has 170 valence electrons. The van der Waals surface area contributed by atoms with Crippen LogP contribution in [0.1, 0.15) is 63.6 Å². The Morgan fingerprint density at radius 1 is 1.15 bits per heavy atom. The molecule has 2 N–H and O–H groups in total. The first-order chi connectivity index (χ1) is 15.8. The summed E-state index contributed by atoms with van der Waals surface area (Å²) >= 11 is 6.24. The fourth-order valence-corrected chi connectivity index (χ4v) is 4.88. The Morgan fingerprint density at radius 2 is 1.94 bits per heavy atom. The van der Waals surface area contributed by atoms with Crippen LogP contribution in [0.5, 0.6) is 0 Å². The SMILES string of the molecule is O=C1CCC(N2Cc3cc(C(=O)NC(c4c(F)cccc4Cl)C4CC4)ccc3C2=O)C(=O)N1. The maximum absolute atomic E-state index is 14.5. The van der Waals surface area contributed by atoms with Crippen molar-refractivity contribution in [2.45, 2.75) is 44.3 Å². The van der Waals surface area contributed by atoms with E-state index in [-0.39, 0.29) is 53.6 Å². The van der Waals surface area contributed by atoms with Crippen molar-refractivity contribution in [2.75, 3.05) is 0 Å². The normalized spacial score (nSPS) is 21.0. The van der Waals surface area contributed by atoms with E-state index in [0.717, 1.165) is 12.8 Å². The second-order valence-corrected chi connectivity index (χ2v) is 9.10. The van der Waals surface area contributed by atoms with Crippen LogP contribution in [0.15, 0.2) is 36.4 Å². The highest BCUT2D eigenvalue weighted by atomic mass is 35.5. The average Bonchev–Trinajstić information content (AvgIpc) is 3.57. The lowest BCUT2D eigenvalue weighted by atomic mass is 10.00. The van der Waals surface area contributed by atoms with Crippen molar-refractivity contribution in [2.24, 2.45) is 5.92 Å². The lowest BCUT2D eigenvalue weighted by Gasteiger charge is -2.29. The number of amides is 4. The van der Waals surface area contributed by atoms with Gasteiger partial charge in [-0.05, 0) is 61.1 Å². The van der Waals surface area contributed by atoms with E-state index in [2.05, 4.69) is 10.6 Å². The number of carbonyl (C=O) groups excluding carboxylic acids is 4. The van der Waals surface area contributed by atoms with Gasteiger partial charge < -0.3 is 10.2 Å². The Morgan fingerprint density at radius 3 is 2.64 bits per heavy atom. The monoisotopic (exact) mass is 469 g/mol. The van der Waals surface area contributed by atoms with E-state index in [1.165, 1.54) is 17.0 Å². The minimum atomic E-state index is -0.720. The summed E-state index contributed by atoms with van der Waals surface area (Å²) < 4.78 is 14.5. The van der Waals surface area contributed by atoms with Gasteiger partial charge in [-0.2, -0.15) is 0 Å². The fraction of sp³-hybridized carbons (Fsp3) is 0.333. The van der Waals surface area contributed by atoms with E-state index in [4.69, 9.17) is 11.6 Å². The van der Waals surface area contributed by atoms with Crippen molar-refractivity contribution in [1.29, 1.82) is 0 Å². The summed E-state index contributed by atoms with van der Waals surface area (Å²) in [5.74, 6) is -1.87. The predicted octanol–water partition coefficient (Wildman–Crippen LogP) is 3.12. The molecule has 1 saturated carbocycles. The van der Waals surface area contributed by atoms with E-state index in [0.29, 0.717) is 16.7 Å². The van der Waals surface area contributed by atoms with Crippen LogP contribution in [0.3, 0.4) is 0 Å². The molecular weight excluding hydrogens is 449 g/mol. The van der Waals surface area contributed by atoms with Crippen molar-refractivity contribution in [1.82, 2.24) is 15.5 Å². The molecule has 2 aliphatic heterocycles. The molecule has 3 aliphatic rings. The third-order valence-corrected chi connectivity index (χ3v) is 6.81. The topological polar surface area (TPSA) is 95.6 Å². The van der Waals surface area contributed by atoms with Crippen molar-refractivity contribution in [3.63, 3.8) is 0 Å². The Kier molecular flexibility index (Phi) is 5.40. The summed E-state index contributed by atoms with van der Waals surface area (Å²) in [6, 6.07) is 7.94. The third-order valence-electron chi connectivity index (χ3n) is 6.48. The van der Waals surface area contributed by atoms with Gasteiger partial charge in [-0.25, -0.2) is 4.39 Å². The maximum atomic E-state index is 14.5. The average molecular weight is 470 g/mol. The molecule has 0 aromatic heterocycles. The Bertz CT molecular complexity index is 1180. The molecular formula is C24H21ClFN3O4. The summed E-state index contributed by atoms with van der Waals surface area (Å²) in [5.41, 5.74) is 1.68. The standard InChI is InChI=1S/C24H21ClFN3O4/c25-16-2-1-3-17(26)20(16)21(12-4-5-12)28-22(31)13-6-7-15-14(10-13)11-29(24(15)33)18-8-9-19(30)27-23(18)32/h1-3,6-7,10,12,18,21H,4-5,8-9,11H2,(H,28,31)(H,27,30,32). The zero-order chi connectivity index (χ0) is 23.3. The first kappa shape index (κ1) is 21.6. The van der Waals surface area contributed by atoms with Crippen molar-refractivity contribution in [3.05, 3.63) is 69.5 Å². The number of piperidine rings is 1. The van der Waals surface area contributed by atoms with Crippen LogP contribution < -0.4 is 10.6 Å². The molecule has 7 nitrogen and oxygen atoms in total. The first-order valence-electron chi connectivity index (χ1n) is 10.9. The van der Waals surface area contributed by atoms with Gasteiger partial charge in [-0.1, -0.05) is 17.7 Å². The number of benzene rings is 2. The van der Waals surface area contributed by atoms with E-state index in [1.807, 2.05) is 0 Å². The van der Waals surface area contributed by atoms with Crippen molar-refractivity contribution in [3.8, 4) is 0 Å². The third kappa shape index (κ3) is 3.99. The molecule has 0 spiro atoms. The molecule has 2 fully saturated rings. The Balaban J connectivity index is 1.36. The highest BCUT2D eigenvalue weighted by molar-refractivity contribution is 6.31. The molecule has 2 aromatic rings. The van der Waals surface area contributed by atoms with Gasteiger partial charge in [-0.3, -0.25) is 24.5 Å². The van der Waals surface area contributed by atoms with E-state index in [1.54, 1.807) is 24.3 Å². The van der Waals surface area contributed by atoms with Crippen LogP contribution >= 0.6 is 11.6 Å². The van der Waals surface area contributed by atoms with E-state index < -0.39 is 23.8 Å². The van der Waals surface area contributed by atoms with Crippen LogP contribution in [0.25, 0.3) is 0 Å². The summed E-state index contributed by atoms with van der Waals surface area (Å²) in [6.45, 7) is 0.173. The van der Waals surface area contributed by atoms with E-state index in [9.17, 15) is 23.6 Å². The van der Waals surface area contributed by atoms with Crippen LogP contribution in [0, 0.1) is 11.7 Å². The second kappa shape index (κ2) is 8.26. The minimum Gasteiger partial charge on any atom is -0.345 e. The molecule has 1 saturated heterocycles. The van der Waals surface area contributed by atoms with Gasteiger partial charge in [0.1, 0.15) is 11.9 Å². The molecule has 9 heteroatoms. The molecule has 33 heavy (non-hydrogen) atoms. The van der Waals surface area contributed by atoms with E-state index >= 15 is 0 Å². The number of hydrogen-bond acceptors (Lipinski definition) is 4. The van der Waals surface area contributed by atoms with Crippen molar-refractivity contribution >= 4 is 35.2 Å². The number of hydrogen-bond donors (Lipinski definition) is 2. The van der Waals surface area contributed by atoms with Gasteiger partial charge >= 0.3 is 0 Å². The van der Waals surface area contributed by atoms with Crippen LogP contribution in [-0.2, 0) is 16.1 Å². The largest absolute Gasteiger partial charge is 0.345 e. The highest BCUT2D eigenvalue weighted by Gasteiger charge is 2.40. The lowest BCUT2D eigenvalue weighted by molar-refractivity contribution is -0.136. The van der Waals surface area contributed by atoms with Gasteiger partial charge in [0.25, 0.3) is 11.8 Å². The smallest absolute Gasteiger partial charge is 0.255 e. The maximum Gasteiger partial charge on any atom is 0.255 e. The Hall–Kier alpha value is -3.26. The number of nitrogens with zero attached hydrogens (tertiary/aromatic N) is 1. The van der Waals surface area contributed by atoms with Crippen LogP contribution in [0.4, 0.5) is 4.39 Å². The summed E-state index contributed by atoms with van der Waals surface area (Å²) in [4.78, 5) is 51.0. The zero-order valence-electron chi connectivity index (χ0n) is 17.6. The number of fused-ring (bicyclic) bond motifs is 1. The quantitative estimate of drug-likeness (QED) is 0.658. The van der Waals surface area contributed by atoms with Gasteiger partial charge in [0, 0.05) is 34.7 Å². The zero-order valence-corrected chi connectivity index (χ0v) is 18.3. The summed E-state index contributed by atoms with van der Waals surface area (Å²) in [7, 11) is 0. The molecule has 0 radical (unpaired) electrons. The minimum absolute atomic E-state index is 0.113. The second-order valence-electron chi connectivity index (χ2n) is 8.70. The number of carbonyl (C=O) groups is 4. The summed E-state index contributed by atoms with van der Waals surface area (Å²) in [6.07, 6.45) is 2.18. The van der Waals surface area contributed by atoms with Gasteiger partial charge in [0.05, 0.1) is 6.04 Å². The number of halogens is 2. The Labute approximate surface area is 194 Å². The molecule has 0 bridgehead atoms. The number of rotatable bonds is 5. The molecule has 4 amide bonds. The highest BCUT2D eigenvalue weighted by Crippen LogP contribution is 2.44. The van der Waals surface area contributed by atoms with Gasteiger partial charge in [0.2, 0.25) is 11.8 Å². The molecule has 5 rings (SSSR count). The lowest BCUT2D eigenvalue weighted by Crippen LogP contribution is -2.52. The first-order valence-corrected chi connectivity index (χ1v) is 11.2. The number of nitrogens with one attached hydrogen (secondary N) is 2. The van der Waals surface area contributed by atoms with Gasteiger partial charge in [0.15, 0.2) is 0 Å².